The van der Waals surface area contributed by atoms with Crippen molar-refractivity contribution in [1.29, 1.82) is 0 Å². The van der Waals surface area contributed by atoms with Gasteiger partial charge in [-0.3, -0.25) is 0 Å². The summed E-state index contributed by atoms with van der Waals surface area (Å²) in [6.45, 7) is 0.996. The third-order valence-electron chi connectivity index (χ3n) is 4.87. The van der Waals surface area contributed by atoms with Crippen LogP contribution in [-0.4, -0.2) is 36.7 Å². The number of carbonyl (C=O) groups excluding carboxylic acids is 1. The molecule has 0 radical (unpaired) electrons. The summed E-state index contributed by atoms with van der Waals surface area (Å²) in [6, 6.07) is 9.67. The van der Waals surface area contributed by atoms with Crippen LogP contribution in [-0.2, 0) is 13.0 Å². The fraction of sp³-hybridized carbons (Fsp3) is 0.250. The molecular formula is C20H20FN3O3. The zero-order valence-corrected chi connectivity index (χ0v) is 15.1. The Balaban J connectivity index is 1.56. The minimum absolute atomic E-state index is 0.227. The summed E-state index contributed by atoms with van der Waals surface area (Å²) in [7, 11) is 3.11. The van der Waals surface area contributed by atoms with E-state index in [4.69, 9.17) is 9.47 Å². The average Bonchev–Trinajstić information content (AvgIpc) is 3.05. The first-order valence-corrected chi connectivity index (χ1v) is 8.66. The number of nitrogens with zero attached hydrogens (tertiary/aromatic N) is 1. The van der Waals surface area contributed by atoms with Crippen molar-refractivity contribution in [2.24, 2.45) is 0 Å². The van der Waals surface area contributed by atoms with Crippen molar-refractivity contribution in [2.75, 3.05) is 26.1 Å². The monoisotopic (exact) mass is 369 g/mol. The minimum Gasteiger partial charge on any atom is -0.497 e. The van der Waals surface area contributed by atoms with Crippen LogP contribution in [0.15, 0.2) is 36.4 Å². The lowest BCUT2D eigenvalue weighted by atomic mass is 10.0. The first-order chi connectivity index (χ1) is 13.1. The Morgan fingerprint density at radius 1 is 1.19 bits per heavy atom. The number of rotatable bonds is 3. The summed E-state index contributed by atoms with van der Waals surface area (Å²) in [4.78, 5) is 17.8. The van der Waals surface area contributed by atoms with E-state index in [9.17, 15) is 9.18 Å². The Bertz CT molecular complexity index is 1020. The predicted octanol–water partition coefficient (Wildman–Crippen LogP) is 3.91. The van der Waals surface area contributed by atoms with Gasteiger partial charge in [0, 0.05) is 47.7 Å². The molecule has 0 aliphatic carbocycles. The highest BCUT2D eigenvalue weighted by Gasteiger charge is 2.25. The zero-order valence-electron chi connectivity index (χ0n) is 15.1. The van der Waals surface area contributed by atoms with Gasteiger partial charge in [-0.2, -0.15) is 0 Å². The molecule has 140 valence electrons. The Labute approximate surface area is 155 Å². The van der Waals surface area contributed by atoms with E-state index in [0.717, 1.165) is 22.2 Å². The molecule has 1 aliphatic heterocycles. The van der Waals surface area contributed by atoms with E-state index >= 15 is 0 Å². The fourth-order valence-electron chi connectivity index (χ4n) is 3.46. The number of methoxy groups -OCH3 is 2. The van der Waals surface area contributed by atoms with Gasteiger partial charge in [0.25, 0.3) is 0 Å². The first kappa shape index (κ1) is 17.2. The summed E-state index contributed by atoms with van der Waals surface area (Å²) in [5.74, 6) is 0.886. The molecule has 0 atom stereocenters. The quantitative estimate of drug-likeness (QED) is 0.735. The molecule has 7 heteroatoms. The average molecular weight is 369 g/mol. The molecule has 2 amide bonds. The van der Waals surface area contributed by atoms with Crippen LogP contribution in [0, 0.1) is 5.82 Å². The third kappa shape index (κ3) is 3.16. The fourth-order valence-corrected chi connectivity index (χ4v) is 3.46. The Kier molecular flexibility index (Phi) is 4.35. The highest BCUT2D eigenvalue weighted by atomic mass is 19.1. The van der Waals surface area contributed by atoms with Crippen LogP contribution < -0.4 is 14.8 Å². The summed E-state index contributed by atoms with van der Waals surface area (Å²) >= 11 is 0. The molecule has 0 bridgehead atoms. The van der Waals surface area contributed by atoms with Crippen LogP contribution in [0.3, 0.4) is 0 Å². The standard InChI is InChI=1S/C20H20FN3O3/c1-26-13-4-6-18(19(10-13)27-2)23-20(25)24-8-7-17-15(11-24)14-9-12(21)3-5-16(14)22-17/h3-6,9-10,22H,7-8,11H2,1-2H3,(H,23,25). The number of ether oxygens (including phenoxy) is 2. The molecular weight excluding hydrogens is 349 g/mol. The molecule has 27 heavy (non-hydrogen) atoms. The van der Waals surface area contributed by atoms with Crippen LogP contribution in [0.4, 0.5) is 14.9 Å². The highest BCUT2D eigenvalue weighted by Crippen LogP contribution is 2.31. The van der Waals surface area contributed by atoms with Gasteiger partial charge >= 0.3 is 6.03 Å². The zero-order chi connectivity index (χ0) is 19.0. The second-order valence-corrected chi connectivity index (χ2v) is 6.44. The van der Waals surface area contributed by atoms with Gasteiger partial charge in [-0.25, -0.2) is 9.18 Å². The number of carbonyl (C=O) groups is 1. The molecule has 6 nitrogen and oxygen atoms in total. The molecule has 0 saturated carbocycles. The molecule has 2 aromatic carbocycles. The van der Waals surface area contributed by atoms with Crippen molar-refractivity contribution < 1.29 is 18.7 Å². The van der Waals surface area contributed by atoms with Gasteiger partial charge in [-0.05, 0) is 30.3 Å². The van der Waals surface area contributed by atoms with Crippen LogP contribution in [0.25, 0.3) is 10.9 Å². The maximum absolute atomic E-state index is 13.6. The molecule has 4 rings (SSSR count). The molecule has 0 unspecified atom stereocenters. The number of hydrogen-bond acceptors (Lipinski definition) is 3. The number of fused-ring (bicyclic) bond motifs is 3. The van der Waals surface area contributed by atoms with Crippen molar-refractivity contribution in [3.63, 3.8) is 0 Å². The second-order valence-electron chi connectivity index (χ2n) is 6.44. The van der Waals surface area contributed by atoms with Crippen LogP contribution in [0.5, 0.6) is 11.5 Å². The number of halogens is 1. The molecule has 1 aromatic heterocycles. The van der Waals surface area contributed by atoms with Crippen molar-refractivity contribution in [3.05, 3.63) is 53.5 Å². The lowest BCUT2D eigenvalue weighted by molar-refractivity contribution is 0.206. The van der Waals surface area contributed by atoms with Crippen molar-refractivity contribution in [1.82, 2.24) is 9.88 Å². The number of amides is 2. The predicted molar refractivity (Wildman–Crippen MR) is 101 cm³/mol. The Morgan fingerprint density at radius 2 is 2.04 bits per heavy atom. The number of nitrogens with one attached hydrogen (secondary N) is 2. The highest BCUT2D eigenvalue weighted by molar-refractivity contribution is 5.92. The Morgan fingerprint density at radius 3 is 2.81 bits per heavy atom. The van der Waals surface area contributed by atoms with E-state index in [1.807, 2.05) is 0 Å². The Hall–Kier alpha value is -3.22. The minimum atomic E-state index is -0.283. The summed E-state index contributed by atoms with van der Waals surface area (Å²) < 4.78 is 24.1. The van der Waals surface area contributed by atoms with Gasteiger partial charge in [-0.15, -0.1) is 0 Å². The van der Waals surface area contributed by atoms with Gasteiger partial charge in [0.05, 0.1) is 19.9 Å². The maximum atomic E-state index is 13.6. The maximum Gasteiger partial charge on any atom is 0.322 e. The van der Waals surface area contributed by atoms with E-state index in [0.29, 0.717) is 36.7 Å². The van der Waals surface area contributed by atoms with Crippen LogP contribution >= 0.6 is 0 Å². The summed E-state index contributed by atoms with van der Waals surface area (Å²) in [5.41, 5.74) is 3.48. The molecule has 2 N–H and O–H groups in total. The van der Waals surface area contributed by atoms with E-state index < -0.39 is 0 Å². The number of anilines is 1. The summed E-state index contributed by atoms with van der Waals surface area (Å²) in [5, 5.41) is 3.71. The number of hydrogen-bond donors (Lipinski definition) is 2. The third-order valence-corrected chi connectivity index (χ3v) is 4.87. The molecule has 1 aliphatic rings. The van der Waals surface area contributed by atoms with Crippen molar-refractivity contribution in [2.45, 2.75) is 13.0 Å². The molecule has 0 spiro atoms. The molecule has 0 saturated heterocycles. The lowest BCUT2D eigenvalue weighted by Crippen LogP contribution is -2.38. The van der Waals surface area contributed by atoms with Crippen LogP contribution in [0.1, 0.15) is 11.3 Å². The molecule has 3 aromatic rings. The number of aromatic nitrogens is 1. The molecule has 0 fully saturated rings. The van der Waals surface area contributed by atoms with E-state index in [-0.39, 0.29) is 11.8 Å². The van der Waals surface area contributed by atoms with Crippen LogP contribution in [0.2, 0.25) is 0 Å². The first-order valence-electron chi connectivity index (χ1n) is 8.66. The number of benzene rings is 2. The smallest absolute Gasteiger partial charge is 0.322 e. The van der Waals surface area contributed by atoms with Gasteiger partial charge in [0.15, 0.2) is 0 Å². The number of aromatic amines is 1. The van der Waals surface area contributed by atoms with E-state index in [1.54, 1.807) is 36.3 Å². The normalized spacial score (nSPS) is 13.4. The van der Waals surface area contributed by atoms with Gasteiger partial charge in [-0.1, -0.05) is 0 Å². The lowest BCUT2D eigenvalue weighted by Gasteiger charge is -2.27. The van der Waals surface area contributed by atoms with E-state index in [1.165, 1.54) is 19.2 Å². The molecule has 2 heterocycles. The second kappa shape index (κ2) is 6.83. The van der Waals surface area contributed by atoms with Gasteiger partial charge in [0.2, 0.25) is 0 Å². The SMILES string of the molecule is COc1ccc(NC(=O)N2CCc3[nH]c4ccc(F)cc4c3C2)c(OC)c1. The van der Waals surface area contributed by atoms with E-state index in [2.05, 4.69) is 10.3 Å². The van der Waals surface area contributed by atoms with Crippen molar-refractivity contribution in [3.8, 4) is 11.5 Å². The number of H-pyrrole nitrogens is 1. The van der Waals surface area contributed by atoms with Gasteiger partial charge < -0.3 is 24.7 Å². The van der Waals surface area contributed by atoms with Crippen molar-refractivity contribution >= 4 is 22.6 Å². The van der Waals surface area contributed by atoms with Gasteiger partial charge in [0.1, 0.15) is 17.3 Å². The summed E-state index contributed by atoms with van der Waals surface area (Å²) in [6.07, 6.45) is 0.693. The topological polar surface area (TPSA) is 66.6 Å². The largest absolute Gasteiger partial charge is 0.497 e. The number of urea groups is 1.